The highest BCUT2D eigenvalue weighted by molar-refractivity contribution is 7.89. The minimum atomic E-state index is -3.86. The van der Waals surface area contributed by atoms with Crippen LogP contribution in [0.2, 0.25) is 0 Å². The Morgan fingerprint density at radius 2 is 1.79 bits per heavy atom. The fourth-order valence-corrected chi connectivity index (χ4v) is 3.67. The summed E-state index contributed by atoms with van der Waals surface area (Å²) in [5.74, 6) is 0.148. The molecule has 6 nitrogen and oxygen atoms in total. The molecule has 154 valence electrons. The number of rotatable bonds is 8. The van der Waals surface area contributed by atoms with Crippen LogP contribution in [0.15, 0.2) is 47.4 Å². The van der Waals surface area contributed by atoms with E-state index in [0.29, 0.717) is 0 Å². The molecule has 2 rings (SSSR count). The van der Waals surface area contributed by atoms with Crippen LogP contribution in [-0.4, -0.2) is 46.4 Å². The second kappa shape index (κ2) is 9.60. The number of benzene rings is 2. The molecular formula is C20H21F2N3O3S. The van der Waals surface area contributed by atoms with Crippen molar-refractivity contribution in [3.63, 3.8) is 0 Å². The van der Waals surface area contributed by atoms with Gasteiger partial charge in [-0.3, -0.25) is 4.79 Å². The fourth-order valence-electron chi connectivity index (χ4n) is 2.69. The van der Waals surface area contributed by atoms with E-state index in [4.69, 9.17) is 6.42 Å². The van der Waals surface area contributed by atoms with E-state index in [-0.39, 0.29) is 29.1 Å². The Balaban J connectivity index is 2.20. The maximum absolute atomic E-state index is 14.1. The molecule has 0 aliphatic rings. The van der Waals surface area contributed by atoms with E-state index in [0.717, 1.165) is 12.1 Å². The van der Waals surface area contributed by atoms with E-state index in [2.05, 4.69) is 16.0 Å². The number of terminal acetylenes is 1. The van der Waals surface area contributed by atoms with Crippen molar-refractivity contribution >= 4 is 15.9 Å². The molecule has 1 unspecified atom stereocenters. The van der Waals surface area contributed by atoms with E-state index < -0.39 is 33.6 Å². The number of hydrogen-bond acceptors (Lipinski definition) is 4. The lowest BCUT2D eigenvalue weighted by Crippen LogP contribution is -2.35. The molecule has 0 aliphatic carbocycles. The summed E-state index contributed by atoms with van der Waals surface area (Å²) in [5.41, 5.74) is -0.0762. The van der Waals surface area contributed by atoms with Gasteiger partial charge in [0.2, 0.25) is 10.0 Å². The zero-order chi connectivity index (χ0) is 21.6. The molecule has 0 radical (unpaired) electrons. The summed E-state index contributed by atoms with van der Waals surface area (Å²) < 4.78 is 54.8. The van der Waals surface area contributed by atoms with Crippen molar-refractivity contribution in [2.24, 2.45) is 0 Å². The lowest BCUT2D eigenvalue weighted by Gasteiger charge is -2.26. The third-order valence-electron chi connectivity index (χ3n) is 4.18. The monoisotopic (exact) mass is 421 g/mol. The first-order valence-corrected chi connectivity index (χ1v) is 10.1. The van der Waals surface area contributed by atoms with E-state index in [9.17, 15) is 22.0 Å². The number of likely N-dealkylation sites (N-methyl/N-ethyl adjacent to an activating group) is 1. The Morgan fingerprint density at radius 3 is 2.38 bits per heavy atom. The third kappa shape index (κ3) is 5.60. The number of hydrogen-bond donors (Lipinski definition) is 2. The van der Waals surface area contributed by atoms with Crippen LogP contribution in [0, 0.1) is 24.0 Å². The first-order chi connectivity index (χ1) is 13.7. The summed E-state index contributed by atoms with van der Waals surface area (Å²) in [4.78, 5) is 14.0. The first kappa shape index (κ1) is 22.5. The molecule has 0 bridgehead atoms. The van der Waals surface area contributed by atoms with E-state index >= 15 is 0 Å². The van der Waals surface area contributed by atoms with Crippen LogP contribution in [0.4, 0.5) is 8.78 Å². The number of amides is 1. The van der Waals surface area contributed by atoms with Crippen LogP contribution in [0.5, 0.6) is 0 Å². The highest BCUT2D eigenvalue weighted by Gasteiger charge is 2.23. The van der Waals surface area contributed by atoms with Gasteiger partial charge in [-0.15, -0.1) is 6.42 Å². The van der Waals surface area contributed by atoms with E-state index in [1.807, 2.05) is 0 Å². The average molecular weight is 421 g/mol. The molecule has 0 saturated carbocycles. The Kier molecular flexibility index (Phi) is 7.45. The van der Waals surface area contributed by atoms with Crippen molar-refractivity contribution in [3.05, 3.63) is 65.2 Å². The molecular weight excluding hydrogens is 400 g/mol. The van der Waals surface area contributed by atoms with Crippen molar-refractivity contribution in [1.29, 1.82) is 0 Å². The molecule has 2 N–H and O–H groups in total. The molecule has 9 heteroatoms. The standard InChI is InChI=1S/C20H21F2N3O3S/c1-4-11-24-29(27,28)15-8-5-7-14(12-15)20(26)23-13-18(25(2)3)19-16(21)9-6-10-17(19)22/h1,5-10,12,18,24H,11,13H2,2-3H3,(H,23,26). The second-order valence-electron chi connectivity index (χ2n) is 6.38. The van der Waals surface area contributed by atoms with Gasteiger partial charge in [0.25, 0.3) is 5.91 Å². The van der Waals surface area contributed by atoms with Gasteiger partial charge in [0, 0.05) is 17.7 Å². The molecule has 2 aromatic carbocycles. The zero-order valence-electron chi connectivity index (χ0n) is 15.9. The van der Waals surface area contributed by atoms with Crippen molar-refractivity contribution in [2.75, 3.05) is 27.2 Å². The molecule has 1 atom stereocenters. The molecule has 1 amide bonds. The first-order valence-electron chi connectivity index (χ1n) is 8.59. The van der Waals surface area contributed by atoms with E-state index in [1.54, 1.807) is 19.0 Å². The maximum atomic E-state index is 14.1. The van der Waals surface area contributed by atoms with Gasteiger partial charge in [-0.05, 0) is 44.4 Å². The number of halogens is 2. The number of carbonyl (C=O) groups is 1. The van der Waals surface area contributed by atoms with Gasteiger partial charge in [-0.25, -0.2) is 17.2 Å². The quantitative estimate of drug-likeness (QED) is 0.639. The van der Waals surface area contributed by atoms with Crippen molar-refractivity contribution in [2.45, 2.75) is 10.9 Å². The van der Waals surface area contributed by atoms with Crippen LogP contribution in [0.3, 0.4) is 0 Å². The van der Waals surface area contributed by atoms with Crippen molar-refractivity contribution in [3.8, 4) is 12.3 Å². The molecule has 0 heterocycles. The van der Waals surface area contributed by atoms with Crippen LogP contribution in [-0.2, 0) is 10.0 Å². The van der Waals surface area contributed by atoms with Crippen LogP contribution in [0.1, 0.15) is 22.0 Å². The topological polar surface area (TPSA) is 78.5 Å². The molecule has 0 aromatic heterocycles. The predicted octanol–water partition coefficient (Wildman–Crippen LogP) is 1.91. The maximum Gasteiger partial charge on any atom is 0.251 e. The average Bonchev–Trinajstić information content (AvgIpc) is 2.68. The minimum Gasteiger partial charge on any atom is -0.350 e. The van der Waals surface area contributed by atoms with Gasteiger partial charge >= 0.3 is 0 Å². The van der Waals surface area contributed by atoms with Gasteiger partial charge in [-0.1, -0.05) is 18.1 Å². The van der Waals surface area contributed by atoms with Gasteiger partial charge in [-0.2, -0.15) is 4.72 Å². The summed E-state index contributed by atoms with van der Waals surface area (Å²) in [6.45, 7) is -0.270. The zero-order valence-corrected chi connectivity index (χ0v) is 16.8. The molecule has 2 aromatic rings. The highest BCUT2D eigenvalue weighted by Crippen LogP contribution is 2.24. The third-order valence-corrected chi connectivity index (χ3v) is 5.58. The fraction of sp³-hybridized carbons (Fsp3) is 0.250. The highest BCUT2D eigenvalue weighted by atomic mass is 32.2. The van der Waals surface area contributed by atoms with Crippen molar-refractivity contribution < 1.29 is 22.0 Å². The van der Waals surface area contributed by atoms with E-state index in [1.165, 1.54) is 30.3 Å². The lowest BCUT2D eigenvalue weighted by molar-refractivity contribution is 0.0940. The summed E-state index contributed by atoms with van der Waals surface area (Å²) in [6.07, 6.45) is 5.05. The van der Waals surface area contributed by atoms with Gasteiger partial charge in [0.15, 0.2) is 0 Å². The van der Waals surface area contributed by atoms with Gasteiger partial charge < -0.3 is 10.2 Å². The van der Waals surface area contributed by atoms with Crippen LogP contribution < -0.4 is 10.0 Å². The van der Waals surface area contributed by atoms with Gasteiger partial charge in [0.05, 0.1) is 17.5 Å². The van der Waals surface area contributed by atoms with Crippen LogP contribution >= 0.6 is 0 Å². The lowest BCUT2D eigenvalue weighted by atomic mass is 10.0. The molecule has 0 spiro atoms. The number of nitrogens with zero attached hydrogens (tertiary/aromatic N) is 1. The van der Waals surface area contributed by atoms with Crippen LogP contribution in [0.25, 0.3) is 0 Å². The predicted molar refractivity (Wildman–Crippen MR) is 106 cm³/mol. The summed E-state index contributed by atoms with van der Waals surface area (Å²) in [6, 6.07) is 8.17. The molecule has 29 heavy (non-hydrogen) atoms. The summed E-state index contributed by atoms with van der Waals surface area (Å²) in [7, 11) is -0.593. The normalized spacial score (nSPS) is 12.4. The number of sulfonamides is 1. The smallest absolute Gasteiger partial charge is 0.251 e. The molecule has 0 aliphatic heterocycles. The molecule has 0 fully saturated rings. The van der Waals surface area contributed by atoms with Crippen molar-refractivity contribution in [1.82, 2.24) is 14.9 Å². The number of carbonyl (C=O) groups excluding carboxylic acids is 1. The Morgan fingerprint density at radius 1 is 1.17 bits per heavy atom. The Labute approximate surface area is 169 Å². The number of nitrogens with one attached hydrogen (secondary N) is 2. The summed E-state index contributed by atoms with van der Waals surface area (Å²) >= 11 is 0. The Hall–Kier alpha value is -2.80. The molecule has 0 saturated heterocycles. The largest absolute Gasteiger partial charge is 0.350 e. The SMILES string of the molecule is C#CCNS(=O)(=O)c1cccc(C(=O)NCC(c2c(F)cccc2F)N(C)C)c1. The summed E-state index contributed by atoms with van der Waals surface area (Å²) in [5, 5.41) is 2.59. The minimum absolute atomic E-state index is 0.0834. The Bertz CT molecular complexity index is 1010. The second-order valence-corrected chi connectivity index (χ2v) is 8.15. The van der Waals surface area contributed by atoms with Gasteiger partial charge in [0.1, 0.15) is 11.6 Å².